The SMILES string of the molecule is O=C(CSc1cc(Cl)ccc1Cl)NCCN1CCNCC1. The first-order valence-corrected chi connectivity index (χ1v) is 8.67. The van der Waals surface area contributed by atoms with Crippen LogP contribution in [0.1, 0.15) is 0 Å². The molecule has 1 aromatic carbocycles. The van der Waals surface area contributed by atoms with Gasteiger partial charge in [-0.3, -0.25) is 9.69 Å². The van der Waals surface area contributed by atoms with Gasteiger partial charge in [-0.05, 0) is 18.2 Å². The maximum Gasteiger partial charge on any atom is 0.230 e. The van der Waals surface area contributed by atoms with Crippen LogP contribution in [0.15, 0.2) is 23.1 Å². The lowest BCUT2D eigenvalue weighted by molar-refractivity contribution is -0.118. The second-order valence-corrected chi connectivity index (χ2v) is 6.67. The molecule has 0 spiro atoms. The molecule has 1 saturated heterocycles. The number of piperazine rings is 1. The van der Waals surface area contributed by atoms with Crippen molar-refractivity contribution in [1.29, 1.82) is 0 Å². The lowest BCUT2D eigenvalue weighted by Gasteiger charge is -2.27. The monoisotopic (exact) mass is 347 g/mol. The molecule has 0 atom stereocenters. The summed E-state index contributed by atoms with van der Waals surface area (Å²) in [7, 11) is 0. The molecule has 1 aromatic rings. The van der Waals surface area contributed by atoms with Crippen LogP contribution in [-0.2, 0) is 4.79 Å². The van der Waals surface area contributed by atoms with Gasteiger partial charge in [0.05, 0.1) is 10.8 Å². The van der Waals surface area contributed by atoms with E-state index >= 15 is 0 Å². The molecule has 1 fully saturated rings. The molecular formula is C14H19Cl2N3OS. The second-order valence-electron chi connectivity index (χ2n) is 4.81. The van der Waals surface area contributed by atoms with E-state index in [0.717, 1.165) is 37.6 Å². The van der Waals surface area contributed by atoms with Crippen LogP contribution in [0, 0.1) is 0 Å². The predicted octanol–water partition coefficient (Wildman–Crippen LogP) is 2.11. The first kappa shape index (κ1) is 16.9. The Morgan fingerprint density at radius 2 is 2.10 bits per heavy atom. The van der Waals surface area contributed by atoms with Crippen LogP contribution >= 0.6 is 35.0 Å². The molecule has 0 saturated carbocycles. The van der Waals surface area contributed by atoms with E-state index in [-0.39, 0.29) is 5.91 Å². The molecule has 2 rings (SSSR count). The summed E-state index contributed by atoms with van der Waals surface area (Å²) in [4.78, 5) is 15.0. The minimum Gasteiger partial charge on any atom is -0.354 e. The number of amides is 1. The van der Waals surface area contributed by atoms with Crippen LogP contribution in [0.5, 0.6) is 0 Å². The van der Waals surface area contributed by atoms with Crippen LogP contribution < -0.4 is 10.6 Å². The Kier molecular flexibility index (Phi) is 7.13. The van der Waals surface area contributed by atoms with Gasteiger partial charge in [-0.25, -0.2) is 0 Å². The molecule has 7 heteroatoms. The molecule has 0 radical (unpaired) electrons. The van der Waals surface area contributed by atoms with Crippen LogP contribution in [0.4, 0.5) is 0 Å². The summed E-state index contributed by atoms with van der Waals surface area (Å²) in [6.07, 6.45) is 0. The quantitative estimate of drug-likeness (QED) is 0.773. The lowest BCUT2D eigenvalue weighted by Crippen LogP contribution is -2.46. The Balaban J connectivity index is 1.66. The number of benzene rings is 1. The van der Waals surface area contributed by atoms with Gasteiger partial charge in [-0.15, -0.1) is 11.8 Å². The molecule has 1 aliphatic rings. The van der Waals surface area contributed by atoms with Gasteiger partial charge in [0.15, 0.2) is 0 Å². The molecule has 0 aromatic heterocycles. The zero-order valence-corrected chi connectivity index (χ0v) is 14.0. The molecule has 0 unspecified atom stereocenters. The van der Waals surface area contributed by atoms with E-state index in [9.17, 15) is 4.79 Å². The van der Waals surface area contributed by atoms with Gasteiger partial charge in [0.1, 0.15) is 0 Å². The third kappa shape index (κ3) is 6.04. The fraction of sp³-hybridized carbons (Fsp3) is 0.500. The number of thioether (sulfide) groups is 1. The average molecular weight is 348 g/mol. The second kappa shape index (κ2) is 8.86. The maximum atomic E-state index is 11.8. The van der Waals surface area contributed by atoms with Gasteiger partial charge in [0.25, 0.3) is 0 Å². The number of halogens is 2. The number of hydrogen-bond acceptors (Lipinski definition) is 4. The highest BCUT2D eigenvalue weighted by Gasteiger charge is 2.10. The molecule has 2 N–H and O–H groups in total. The zero-order chi connectivity index (χ0) is 15.1. The van der Waals surface area contributed by atoms with Gasteiger partial charge >= 0.3 is 0 Å². The van der Waals surface area contributed by atoms with Gasteiger partial charge in [-0.2, -0.15) is 0 Å². The van der Waals surface area contributed by atoms with Crippen LogP contribution in [0.3, 0.4) is 0 Å². The summed E-state index contributed by atoms with van der Waals surface area (Å²) in [5.41, 5.74) is 0. The number of rotatable bonds is 6. The van der Waals surface area contributed by atoms with Gasteiger partial charge < -0.3 is 10.6 Å². The molecule has 4 nitrogen and oxygen atoms in total. The number of carbonyl (C=O) groups excluding carboxylic acids is 1. The molecule has 1 amide bonds. The van der Waals surface area contributed by atoms with Crippen molar-refractivity contribution in [3.63, 3.8) is 0 Å². The minimum atomic E-state index is 0.0196. The van der Waals surface area contributed by atoms with Crippen molar-refractivity contribution >= 4 is 40.9 Å². The fourth-order valence-corrected chi connectivity index (χ4v) is 3.39. The van der Waals surface area contributed by atoms with E-state index in [1.54, 1.807) is 18.2 Å². The maximum absolute atomic E-state index is 11.8. The summed E-state index contributed by atoms with van der Waals surface area (Å²) in [6.45, 7) is 5.72. The van der Waals surface area contributed by atoms with E-state index in [4.69, 9.17) is 23.2 Å². The Hall–Kier alpha value is -0.460. The standard InChI is InChI=1S/C14H19Cl2N3OS/c15-11-1-2-12(16)13(9-11)21-10-14(20)18-5-8-19-6-3-17-4-7-19/h1-2,9,17H,3-8,10H2,(H,18,20). The van der Waals surface area contributed by atoms with E-state index in [1.807, 2.05) is 0 Å². The third-order valence-electron chi connectivity index (χ3n) is 3.21. The zero-order valence-electron chi connectivity index (χ0n) is 11.7. The Morgan fingerprint density at radius 1 is 1.33 bits per heavy atom. The predicted molar refractivity (Wildman–Crippen MR) is 89.5 cm³/mol. The number of hydrogen-bond donors (Lipinski definition) is 2. The number of carbonyl (C=O) groups is 1. The summed E-state index contributed by atoms with van der Waals surface area (Å²) < 4.78 is 0. The van der Waals surface area contributed by atoms with Crippen molar-refractivity contribution < 1.29 is 4.79 Å². The molecule has 1 aliphatic heterocycles. The third-order valence-corrected chi connectivity index (χ3v) is 4.94. The molecule has 1 heterocycles. The highest BCUT2D eigenvalue weighted by atomic mass is 35.5. The van der Waals surface area contributed by atoms with E-state index < -0.39 is 0 Å². The largest absolute Gasteiger partial charge is 0.354 e. The van der Waals surface area contributed by atoms with Gasteiger partial charge in [0.2, 0.25) is 5.91 Å². The smallest absolute Gasteiger partial charge is 0.230 e. The molecule has 0 aliphatic carbocycles. The Bertz CT molecular complexity index is 481. The topological polar surface area (TPSA) is 44.4 Å². The number of nitrogens with one attached hydrogen (secondary N) is 2. The molecule has 21 heavy (non-hydrogen) atoms. The fourth-order valence-electron chi connectivity index (χ4n) is 2.07. The highest BCUT2D eigenvalue weighted by molar-refractivity contribution is 8.00. The van der Waals surface area contributed by atoms with Crippen molar-refractivity contribution in [3.8, 4) is 0 Å². The summed E-state index contributed by atoms with van der Waals surface area (Å²) in [6, 6.07) is 5.26. The van der Waals surface area contributed by atoms with Crippen molar-refractivity contribution in [2.75, 3.05) is 45.0 Å². The van der Waals surface area contributed by atoms with Crippen molar-refractivity contribution in [2.45, 2.75) is 4.90 Å². The number of nitrogens with zero attached hydrogens (tertiary/aromatic N) is 1. The highest BCUT2D eigenvalue weighted by Crippen LogP contribution is 2.29. The van der Waals surface area contributed by atoms with Gasteiger partial charge in [-0.1, -0.05) is 23.2 Å². The van der Waals surface area contributed by atoms with Gasteiger partial charge in [0, 0.05) is 49.2 Å². The molecule has 116 valence electrons. The van der Waals surface area contributed by atoms with E-state index in [0.29, 0.717) is 22.3 Å². The van der Waals surface area contributed by atoms with E-state index in [1.165, 1.54) is 11.8 Å². The van der Waals surface area contributed by atoms with Crippen LogP contribution in [0.25, 0.3) is 0 Å². The average Bonchev–Trinajstić information content (AvgIpc) is 2.49. The first-order chi connectivity index (χ1) is 10.1. The van der Waals surface area contributed by atoms with E-state index in [2.05, 4.69) is 15.5 Å². The first-order valence-electron chi connectivity index (χ1n) is 6.93. The summed E-state index contributed by atoms with van der Waals surface area (Å²) in [5, 5.41) is 7.49. The minimum absolute atomic E-state index is 0.0196. The summed E-state index contributed by atoms with van der Waals surface area (Å²) >= 11 is 13.4. The normalized spacial score (nSPS) is 15.9. The molecular weight excluding hydrogens is 329 g/mol. The Labute approximate surface area is 139 Å². The van der Waals surface area contributed by atoms with Crippen molar-refractivity contribution in [1.82, 2.24) is 15.5 Å². The van der Waals surface area contributed by atoms with Crippen LogP contribution in [-0.4, -0.2) is 55.8 Å². The lowest BCUT2D eigenvalue weighted by atomic mass is 10.3. The Morgan fingerprint density at radius 3 is 2.86 bits per heavy atom. The van der Waals surface area contributed by atoms with Crippen molar-refractivity contribution in [2.24, 2.45) is 0 Å². The molecule has 0 bridgehead atoms. The summed E-state index contributed by atoms with van der Waals surface area (Å²) in [5.74, 6) is 0.368. The van der Waals surface area contributed by atoms with Crippen LogP contribution in [0.2, 0.25) is 10.0 Å². The van der Waals surface area contributed by atoms with Crippen molar-refractivity contribution in [3.05, 3.63) is 28.2 Å².